The molecule has 132 valence electrons. The van der Waals surface area contributed by atoms with Crippen LogP contribution in [-0.4, -0.2) is 25.2 Å². The first-order chi connectivity index (χ1) is 12.1. The minimum Gasteiger partial charge on any atom is -0.467 e. The van der Waals surface area contributed by atoms with Gasteiger partial charge in [-0.15, -0.1) is 0 Å². The normalized spacial score (nSPS) is 11.9. The van der Waals surface area contributed by atoms with Gasteiger partial charge in [0.15, 0.2) is 0 Å². The second-order valence-electron chi connectivity index (χ2n) is 5.35. The van der Waals surface area contributed by atoms with Crippen LogP contribution in [0.4, 0.5) is 4.79 Å². The van der Waals surface area contributed by atoms with Gasteiger partial charge in [0, 0.05) is 6.42 Å². The molecule has 2 aromatic rings. The van der Waals surface area contributed by atoms with Gasteiger partial charge in [0.1, 0.15) is 24.2 Å². The number of alkyl carbamates (subject to hydrolysis) is 1. The number of furan rings is 1. The van der Waals surface area contributed by atoms with Crippen LogP contribution < -0.4 is 5.32 Å². The highest BCUT2D eigenvalue weighted by molar-refractivity contribution is 5.83. The Hall–Kier alpha value is -3.02. The zero-order valence-electron chi connectivity index (χ0n) is 14.2. The molecule has 1 aromatic carbocycles. The molecular formula is C19H21NO5. The summed E-state index contributed by atoms with van der Waals surface area (Å²) in [5.74, 6) is 1.00. The van der Waals surface area contributed by atoms with Gasteiger partial charge in [0.05, 0.1) is 7.11 Å². The van der Waals surface area contributed by atoms with E-state index in [1.165, 1.54) is 7.11 Å². The zero-order chi connectivity index (χ0) is 18.1. The lowest BCUT2D eigenvalue weighted by Crippen LogP contribution is -2.40. The van der Waals surface area contributed by atoms with Crippen molar-refractivity contribution >= 4 is 12.1 Å². The molecule has 0 fully saturated rings. The van der Waals surface area contributed by atoms with E-state index in [0.717, 1.165) is 17.1 Å². The molecule has 0 spiro atoms. The number of methoxy groups -OCH3 is 1. The largest absolute Gasteiger partial charge is 0.467 e. The predicted octanol–water partition coefficient (Wildman–Crippen LogP) is 3.15. The molecule has 0 saturated carbocycles. The third-order valence-electron chi connectivity index (χ3n) is 3.38. The maximum absolute atomic E-state index is 11.9. The Morgan fingerprint density at radius 2 is 1.96 bits per heavy atom. The molecule has 0 radical (unpaired) electrons. The van der Waals surface area contributed by atoms with Crippen molar-refractivity contribution < 1.29 is 23.5 Å². The lowest BCUT2D eigenvalue weighted by molar-refractivity contribution is -0.141. The number of benzene rings is 1. The van der Waals surface area contributed by atoms with Crippen LogP contribution in [0, 0.1) is 6.92 Å². The van der Waals surface area contributed by atoms with E-state index in [9.17, 15) is 9.59 Å². The quantitative estimate of drug-likeness (QED) is 0.617. The first-order valence-corrected chi connectivity index (χ1v) is 7.85. The highest BCUT2D eigenvalue weighted by Crippen LogP contribution is 2.08. The van der Waals surface area contributed by atoms with Crippen molar-refractivity contribution in [2.45, 2.75) is 26.0 Å². The summed E-state index contributed by atoms with van der Waals surface area (Å²) in [6.45, 7) is 1.98. The number of allylic oxidation sites excluding steroid dienone is 1. The average Bonchev–Trinajstić information content (AvgIpc) is 3.04. The first-order valence-electron chi connectivity index (χ1n) is 7.85. The van der Waals surface area contributed by atoms with Gasteiger partial charge in [-0.3, -0.25) is 0 Å². The summed E-state index contributed by atoms with van der Waals surface area (Å²) >= 11 is 0. The second-order valence-corrected chi connectivity index (χ2v) is 5.35. The summed E-state index contributed by atoms with van der Waals surface area (Å²) in [6, 6.07) is 12.1. The van der Waals surface area contributed by atoms with Crippen molar-refractivity contribution in [2.24, 2.45) is 0 Å². The summed E-state index contributed by atoms with van der Waals surface area (Å²) in [6.07, 6.45) is 3.09. The van der Waals surface area contributed by atoms with E-state index in [4.69, 9.17) is 13.9 Å². The van der Waals surface area contributed by atoms with Crippen LogP contribution in [-0.2, 0) is 27.3 Å². The molecule has 0 saturated heterocycles. The Kier molecular flexibility index (Phi) is 6.83. The Balaban J connectivity index is 1.88. The summed E-state index contributed by atoms with van der Waals surface area (Å²) in [5, 5.41) is 2.48. The van der Waals surface area contributed by atoms with E-state index in [-0.39, 0.29) is 6.61 Å². The number of aryl methyl sites for hydroxylation is 1. The lowest BCUT2D eigenvalue weighted by atomic mass is 10.2. The number of esters is 1. The minimum absolute atomic E-state index is 0.121. The molecule has 1 heterocycles. The number of carbonyl (C=O) groups excluding carboxylic acids is 2. The monoisotopic (exact) mass is 343 g/mol. The molecule has 0 bridgehead atoms. The van der Waals surface area contributed by atoms with E-state index in [0.29, 0.717) is 6.42 Å². The minimum atomic E-state index is -0.927. The van der Waals surface area contributed by atoms with Crippen LogP contribution in [0.2, 0.25) is 0 Å². The number of hydrogen-bond acceptors (Lipinski definition) is 5. The van der Waals surface area contributed by atoms with Crippen molar-refractivity contribution in [2.75, 3.05) is 7.11 Å². The fourth-order valence-corrected chi connectivity index (χ4v) is 2.12. The number of rotatable bonds is 7. The standard InChI is InChI=1S/C19H21NO5/c1-14-11-12-16(25-14)9-6-10-17(18(21)23-2)20-19(22)24-13-15-7-4-3-5-8-15/h3-8,10-12,17H,9,13H2,1-2H3,(H,20,22)/b10-6+. The number of nitrogens with one attached hydrogen (secondary N) is 1. The summed E-state index contributed by atoms with van der Waals surface area (Å²) in [7, 11) is 1.26. The second kappa shape index (κ2) is 9.32. The summed E-state index contributed by atoms with van der Waals surface area (Å²) in [4.78, 5) is 23.7. The third-order valence-corrected chi connectivity index (χ3v) is 3.38. The van der Waals surface area contributed by atoms with Crippen molar-refractivity contribution in [3.8, 4) is 0 Å². The molecule has 2 rings (SSSR count). The topological polar surface area (TPSA) is 77.8 Å². The van der Waals surface area contributed by atoms with Gasteiger partial charge in [0.25, 0.3) is 0 Å². The Labute approximate surface area is 146 Å². The number of hydrogen-bond donors (Lipinski definition) is 1. The van der Waals surface area contributed by atoms with E-state index in [2.05, 4.69) is 5.32 Å². The maximum atomic E-state index is 11.9. The number of ether oxygens (including phenoxy) is 2. The molecule has 1 amide bonds. The van der Waals surface area contributed by atoms with E-state index < -0.39 is 18.1 Å². The van der Waals surface area contributed by atoms with Gasteiger partial charge in [-0.05, 0) is 24.6 Å². The van der Waals surface area contributed by atoms with Gasteiger partial charge in [-0.1, -0.05) is 42.5 Å². The fraction of sp³-hybridized carbons (Fsp3) is 0.263. The van der Waals surface area contributed by atoms with Crippen LogP contribution in [0.15, 0.2) is 59.0 Å². The van der Waals surface area contributed by atoms with Gasteiger partial charge in [0.2, 0.25) is 0 Å². The van der Waals surface area contributed by atoms with Gasteiger partial charge >= 0.3 is 12.1 Å². The average molecular weight is 343 g/mol. The van der Waals surface area contributed by atoms with Gasteiger partial charge in [-0.2, -0.15) is 0 Å². The van der Waals surface area contributed by atoms with E-state index in [1.54, 1.807) is 12.2 Å². The van der Waals surface area contributed by atoms with Crippen molar-refractivity contribution in [1.82, 2.24) is 5.32 Å². The predicted molar refractivity (Wildman–Crippen MR) is 91.9 cm³/mol. The van der Waals surface area contributed by atoms with Crippen molar-refractivity contribution in [3.05, 3.63) is 71.7 Å². The lowest BCUT2D eigenvalue weighted by Gasteiger charge is -2.13. The van der Waals surface area contributed by atoms with E-state index >= 15 is 0 Å². The van der Waals surface area contributed by atoms with E-state index in [1.807, 2.05) is 49.4 Å². The third kappa shape index (κ3) is 6.18. The smallest absolute Gasteiger partial charge is 0.408 e. The van der Waals surface area contributed by atoms with Gasteiger partial charge in [-0.25, -0.2) is 9.59 Å². The zero-order valence-corrected chi connectivity index (χ0v) is 14.2. The first kappa shape index (κ1) is 18.3. The molecule has 0 aliphatic rings. The molecule has 25 heavy (non-hydrogen) atoms. The number of amides is 1. The maximum Gasteiger partial charge on any atom is 0.408 e. The molecular weight excluding hydrogens is 322 g/mol. The molecule has 1 atom stereocenters. The van der Waals surface area contributed by atoms with Crippen LogP contribution in [0.1, 0.15) is 17.1 Å². The SMILES string of the molecule is COC(=O)C(/C=C/Cc1ccc(C)o1)NC(=O)OCc1ccccc1. The van der Waals surface area contributed by atoms with Crippen LogP contribution in [0.5, 0.6) is 0 Å². The van der Waals surface area contributed by atoms with Crippen molar-refractivity contribution in [3.63, 3.8) is 0 Å². The molecule has 0 aliphatic heterocycles. The number of carbonyl (C=O) groups is 2. The van der Waals surface area contributed by atoms with Crippen molar-refractivity contribution in [1.29, 1.82) is 0 Å². The highest BCUT2D eigenvalue weighted by Gasteiger charge is 2.19. The summed E-state index contributed by atoms with van der Waals surface area (Å²) < 4.78 is 15.3. The molecule has 1 N–H and O–H groups in total. The van der Waals surface area contributed by atoms with Gasteiger partial charge < -0.3 is 19.2 Å². The van der Waals surface area contributed by atoms with Crippen LogP contribution >= 0.6 is 0 Å². The fourth-order valence-electron chi connectivity index (χ4n) is 2.12. The molecule has 1 aromatic heterocycles. The Morgan fingerprint density at radius 3 is 2.60 bits per heavy atom. The summed E-state index contributed by atoms with van der Waals surface area (Å²) in [5.41, 5.74) is 0.857. The molecule has 1 unspecified atom stereocenters. The molecule has 6 heteroatoms. The molecule has 0 aliphatic carbocycles. The van der Waals surface area contributed by atoms with Crippen LogP contribution in [0.3, 0.4) is 0 Å². The molecule has 6 nitrogen and oxygen atoms in total. The highest BCUT2D eigenvalue weighted by atomic mass is 16.6. The van der Waals surface area contributed by atoms with Crippen LogP contribution in [0.25, 0.3) is 0 Å². The Bertz CT molecular complexity index is 720. The Morgan fingerprint density at radius 1 is 1.20 bits per heavy atom.